The van der Waals surface area contributed by atoms with E-state index in [-0.39, 0.29) is 5.89 Å². The standard InChI is InChI=1S/C24H18F2N4O3/c1-30-24(32)33-23(29-30)15-11-17(21(27-12-15)14-5-6-14)13-7-9-16(10-8-13)28-22(31)20-18(25)3-2-4-19(20)26/h2-4,7-12,14H,5-6H2,1H3,(H,28,31). The molecule has 0 spiro atoms. The van der Waals surface area contributed by atoms with E-state index in [4.69, 9.17) is 4.42 Å². The van der Waals surface area contributed by atoms with Crippen molar-refractivity contribution in [2.45, 2.75) is 18.8 Å². The lowest BCUT2D eigenvalue weighted by Crippen LogP contribution is -2.15. The van der Waals surface area contributed by atoms with Crippen LogP contribution in [-0.4, -0.2) is 20.7 Å². The molecule has 0 atom stereocenters. The van der Waals surface area contributed by atoms with Gasteiger partial charge < -0.3 is 9.73 Å². The van der Waals surface area contributed by atoms with Crippen LogP contribution in [-0.2, 0) is 7.05 Å². The van der Waals surface area contributed by atoms with Gasteiger partial charge in [-0.1, -0.05) is 18.2 Å². The Hall–Kier alpha value is -4.14. The lowest BCUT2D eigenvalue weighted by atomic mass is 9.99. The zero-order valence-electron chi connectivity index (χ0n) is 17.5. The predicted molar refractivity (Wildman–Crippen MR) is 117 cm³/mol. The third-order valence-electron chi connectivity index (χ3n) is 5.46. The Kier molecular flexibility index (Phi) is 5.08. The van der Waals surface area contributed by atoms with E-state index in [2.05, 4.69) is 15.4 Å². The number of nitrogens with zero attached hydrogens (tertiary/aromatic N) is 3. The highest BCUT2D eigenvalue weighted by Crippen LogP contribution is 2.44. The number of rotatable bonds is 5. The van der Waals surface area contributed by atoms with Crippen molar-refractivity contribution in [3.05, 3.63) is 88.2 Å². The van der Waals surface area contributed by atoms with Crippen LogP contribution in [0, 0.1) is 11.6 Å². The molecule has 1 saturated carbocycles. The summed E-state index contributed by atoms with van der Waals surface area (Å²) in [6.07, 6.45) is 3.72. The van der Waals surface area contributed by atoms with Crippen molar-refractivity contribution in [1.29, 1.82) is 0 Å². The number of amides is 1. The van der Waals surface area contributed by atoms with Crippen LogP contribution in [0.1, 0.15) is 34.8 Å². The zero-order valence-corrected chi connectivity index (χ0v) is 17.5. The third-order valence-corrected chi connectivity index (χ3v) is 5.46. The summed E-state index contributed by atoms with van der Waals surface area (Å²) in [7, 11) is 1.50. The molecule has 2 heterocycles. The molecule has 4 aromatic rings. The lowest BCUT2D eigenvalue weighted by Gasteiger charge is -2.11. The topological polar surface area (TPSA) is 90.0 Å². The van der Waals surface area contributed by atoms with Crippen LogP contribution in [0.3, 0.4) is 0 Å². The van der Waals surface area contributed by atoms with E-state index in [1.807, 2.05) is 6.07 Å². The molecule has 7 nitrogen and oxygen atoms in total. The summed E-state index contributed by atoms with van der Waals surface area (Å²) in [6, 6.07) is 12.0. The van der Waals surface area contributed by atoms with Gasteiger partial charge in [0.2, 0.25) is 0 Å². The molecule has 0 radical (unpaired) electrons. The number of anilines is 1. The second-order valence-corrected chi connectivity index (χ2v) is 7.86. The van der Waals surface area contributed by atoms with Crippen LogP contribution in [0.4, 0.5) is 14.5 Å². The van der Waals surface area contributed by atoms with E-state index < -0.39 is 28.9 Å². The highest BCUT2D eigenvalue weighted by Gasteiger charge is 2.28. The van der Waals surface area contributed by atoms with Gasteiger partial charge in [0.1, 0.15) is 17.2 Å². The summed E-state index contributed by atoms with van der Waals surface area (Å²) in [6.45, 7) is 0. The third kappa shape index (κ3) is 4.05. The minimum atomic E-state index is -0.928. The number of aryl methyl sites for hydroxylation is 1. The van der Waals surface area contributed by atoms with Crippen molar-refractivity contribution in [1.82, 2.24) is 14.8 Å². The average molecular weight is 448 g/mol. The average Bonchev–Trinajstić information content (AvgIpc) is 3.58. The van der Waals surface area contributed by atoms with Gasteiger partial charge in [0.05, 0.1) is 11.3 Å². The van der Waals surface area contributed by atoms with Gasteiger partial charge in [-0.2, -0.15) is 4.68 Å². The first-order valence-electron chi connectivity index (χ1n) is 10.3. The second-order valence-electron chi connectivity index (χ2n) is 7.86. The van der Waals surface area contributed by atoms with Crippen molar-refractivity contribution >= 4 is 11.6 Å². The van der Waals surface area contributed by atoms with Gasteiger partial charge in [-0.15, -0.1) is 5.10 Å². The molecule has 2 aromatic carbocycles. The van der Waals surface area contributed by atoms with E-state index in [0.717, 1.165) is 46.5 Å². The number of halogens is 2. The predicted octanol–water partition coefficient (Wildman–Crippen LogP) is 4.51. The first kappa shape index (κ1) is 20.7. The molecule has 1 amide bonds. The van der Waals surface area contributed by atoms with Crippen LogP contribution in [0.25, 0.3) is 22.6 Å². The van der Waals surface area contributed by atoms with Crippen LogP contribution in [0.15, 0.2) is 63.9 Å². The highest BCUT2D eigenvalue weighted by molar-refractivity contribution is 6.04. The summed E-state index contributed by atoms with van der Waals surface area (Å²) in [5, 5.41) is 6.60. The second kappa shape index (κ2) is 8.09. The summed E-state index contributed by atoms with van der Waals surface area (Å²) >= 11 is 0. The molecule has 2 aromatic heterocycles. The molecule has 1 fully saturated rings. The van der Waals surface area contributed by atoms with E-state index in [1.165, 1.54) is 13.1 Å². The summed E-state index contributed by atoms with van der Waals surface area (Å²) in [4.78, 5) is 28.6. The monoisotopic (exact) mass is 448 g/mol. The van der Waals surface area contributed by atoms with Crippen molar-refractivity contribution in [2.75, 3.05) is 5.32 Å². The van der Waals surface area contributed by atoms with Gasteiger partial charge in [-0.3, -0.25) is 9.78 Å². The maximum atomic E-state index is 13.9. The Balaban J connectivity index is 1.45. The van der Waals surface area contributed by atoms with Crippen molar-refractivity contribution in [2.24, 2.45) is 7.05 Å². The van der Waals surface area contributed by atoms with Gasteiger partial charge in [0, 0.05) is 30.4 Å². The molecule has 0 aliphatic heterocycles. The van der Waals surface area contributed by atoms with Crippen molar-refractivity contribution < 1.29 is 18.0 Å². The SMILES string of the molecule is Cn1nc(-c2cnc(C3CC3)c(-c3ccc(NC(=O)c4c(F)cccc4F)cc3)c2)oc1=O. The number of nitrogens with one attached hydrogen (secondary N) is 1. The Morgan fingerprint density at radius 2 is 1.79 bits per heavy atom. The molecule has 0 saturated heterocycles. The van der Waals surface area contributed by atoms with E-state index >= 15 is 0 Å². The molecule has 0 unspecified atom stereocenters. The van der Waals surface area contributed by atoms with Gasteiger partial charge in [0.15, 0.2) is 0 Å². The van der Waals surface area contributed by atoms with Gasteiger partial charge >= 0.3 is 5.76 Å². The normalized spacial score (nSPS) is 13.2. The summed E-state index contributed by atoms with van der Waals surface area (Å²) in [5.41, 5.74) is 2.95. The van der Waals surface area contributed by atoms with E-state index in [9.17, 15) is 18.4 Å². The molecular weight excluding hydrogens is 430 g/mol. The first-order valence-corrected chi connectivity index (χ1v) is 10.3. The number of benzene rings is 2. The number of carbonyl (C=O) groups excluding carboxylic acids is 1. The Labute approximate surface area is 186 Å². The van der Waals surface area contributed by atoms with Crippen molar-refractivity contribution in [3.8, 4) is 22.6 Å². The number of hydrogen-bond acceptors (Lipinski definition) is 5. The molecule has 9 heteroatoms. The fourth-order valence-corrected chi connectivity index (χ4v) is 3.61. The maximum Gasteiger partial charge on any atom is 0.437 e. The molecular formula is C24H18F2N4O3. The lowest BCUT2D eigenvalue weighted by molar-refractivity contribution is 0.101. The smallest absolute Gasteiger partial charge is 0.388 e. The molecule has 1 aliphatic carbocycles. The number of hydrogen-bond donors (Lipinski definition) is 1. The summed E-state index contributed by atoms with van der Waals surface area (Å²) in [5.74, 6) is -2.76. The molecule has 5 rings (SSSR count). The molecule has 166 valence electrons. The van der Waals surface area contributed by atoms with Crippen LogP contribution < -0.4 is 11.1 Å². The van der Waals surface area contributed by atoms with Crippen molar-refractivity contribution in [3.63, 3.8) is 0 Å². The van der Waals surface area contributed by atoms with Gasteiger partial charge in [0.25, 0.3) is 11.8 Å². The van der Waals surface area contributed by atoms with E-state index in [1.54, 1.807) is 30.5 Å². The Bertz CT molecular complexity index is 1400. The van der Waals surface area contributed by atoms with E-state index in [0.29, 0.717) is 17.2 Å². The molecule has 1 N–H and O–H groups in total. The minimum Gasteiger partial charge on any atom is -0.388 e. The maximum absolute atomic E-state index is 13.9. The molecule has 0 bridgehead atoms. The quantitative estimate of drug-likeness (QED) is 0.485. The fraction of sp³-hybridized carbons (Fsp3) is 0.167. The highest BCUT2D eigenvalue weighted by atomic mass is 19.1. The zero-order chi connectivity index (χ0) is 23.1. The summed E-state index contributed by atoms with van der Waals surface area (Å²) < 4.78 is 34.0. The van der Waals surface area contributed by atoms with Crippen LogP contribution in [0.2, 0.25) is 0 Å². The Morgan fingerprint density at radius 3 is 2.39 bits per heavy atom. The first-order chi connectivity index (χ1) is 15.9. The Morgan fingerprint density at radius 1 is 1.09 bits per heavy atom. The number of aromatic nitrogens is 3. The molecule has 1 aliphatic rings. The fourth-order valence-electron chi connectivity index (χ4n) is 3.61. The van der Waals surface area contributed by atoms with Crippen LogP contribution in [0.5, 0.6) is 0 Å². The largest absolute Gasteiger partial charge is 0.437 e. The molecule has 33 heavy (non-hydrogen) atoms. The van der Waals surface area contributed by atoms with Crippen LogP contribution >= 0.6 is 0 Å². The number of pyridine rings is 1. The minimum absolute atomic E-state index is 0.175. The van der Waals surface area contributed by atoms with Gasteiger partial charge in [-0.05, 0) is 48.7 Å². The number of carbonyl (C=O) groups is 1. The van der Waals surface area contributed by atoms with Gasteiger partial charge in [-0.25, -0.2) is 13.6 Å².